The molecular formula is C31H24BrClN4O3. The Labute approximate surface area is 244 Å². The molecule has 0 aliphatic rings. The van der Waals surface area contributed by atoms with E-state index in [1.807, 2.05) is 55.4 Å². The van der Waals surface area contributed by atoms with Crippen LogP contribution in [0.5, 0.6) is 5.75 Å². The molecule has 2 N–H and O–H groups in total. The normalized spacial score (nSPS) is 11.1. The second-order valence-electron chi connectivity index (χ2n) is 9.11. The minimum absolute atomic E-state index is 0.312. The minimum Gasteiger partial charge on any atom is -0.422 e. The van der Waals surface area contributed by atoms with Gasteiger partial charge in [-0.25, -0.2) is 10.2 Å². The number of benzene rings is 4. The van der Waals surface area contributed by atoms with E-state index in [4.69, 9.17) is 16.3 Å². The van der Waals surface area contributed by atoms with Crippen molar-refractivity contribution in [3.8, 4) is 16.9 Å². The Morgan fingerprint density at radius 1 is 0.975 bits per heavy atom. The summed E-state index contributed by atoms with van der Waals surface area (Å²) in [6, 6.07) is 27.1. The molecule has 4 aromatic carbocycles. The van der Waals surface area contributed by atoms with Crippen molar-refractivity contribution in [1.82, 2.24) is 10.4 Å². The van der Waals surface area contributed by atoms with Gasteiger partial charge in [0.1, 0.15) is 11.4 Å². The van der Waals surface area contributed by atoms with Crippen LogP contribution in [-0.2, 0) is 0 Å². The van der Waals surface area contributed by atoms with Gasteiger partial charge in [0.25, 0.3) is 5.91 Å². The van der Waals surface area contributed by atoms with Crippen LogP contribution in [0.3, 0.4) is 0 Å². The molecule has 1 aromatic heterocycles. The SMILES string of the molecule is CN(C)c1ccc2[nH]c(C(=O)NN=Cc3ccccc3OC(=O)c3ccc(Br)cc3)c(-c3ccccc3Cl)c2c1. The average Bonchev–Trinajstić information content (AvgIpc) is 3.33. The fourth-order valence-electron chi connectivity index (χ4n) is 4.21. The van der Waals surface area contributed by atoms with Crippen LogP contribution in [-0.4, -0.2) is 37.2 Å². The van der Waals surface area contributed by atoms with Crippen molar-refractivity contribution in [3.63, 3.8) is 0 Å². The van der Waals surface area contributed by atoms with Gasteiger partial charge < -0.3 is 14.6 Å². The molecule has 0 aliphatic heterocycles. The lowest BCUT2D eigenvalue weighted by Crippen LogP contribution is -2.19. The number of nitrogens with one attached hydrogen (secondary N) is 2. The van der Waals surface area contributed by atoms with Gasteiger partial charge in [0.15, 0.2) is 0 Å². The number of carbonyl (C=O) groups is 2. The van der Waals surface area contributed by atoms with Crippen molar-refractivity contribution in [3.05, 3.63) is 117 Å². The number of anilines is 1. The fraction of sp³-hybridized carbons (Fsp3) is 0.0645. The molecule has 0 fully saturated rings. The maximum absolute atomic E-state index is 13.4. The van der Waals surface area contributed by atoms with Crippen molar-refractivity contribution in [2.45, 2.75) is 0 Å². The zero-order valence-electron chi connectivity index (χ0n) is 21.6. The molecule has 0 saturated heterocycles. The van der Waals surface area contributed by atoms with Crippen LogP contribution in [0, 0.1) is 0 Å². The predicted molar refractivity (Wildman–Crippen MR) is 164 cm³/mol. The first-order chi connectivity index (χ1) is 19.3. The molecule has 1 heterocycles. The van der Waals surface area contributed by atoms with Gasteiger partial charge in [-0.2, -0.15) is 5.10 Å². The third-order valence-corrected chi connectivity index (χ3v) is 7.10. The zero-order chi connectivity index (χ0) is 28.2. The Morgan fingerprint density at radius 2 is 1.70 bits per heavy atom. The number of nitrogens with zero attached hydrogens (tertiary/aromatic N) is 2. The van der Waals surface area contributed by atoms with E-state index >= 15 is 0 Å². The topological polar surface area (TPSA) is 86.8 Å². The number of fused-ring (bicyclic) bond motifs is 1. The molecule has 0 saturated carbocycles. The summed E-state index contributed by atoms with van der Waals surface area (Å²) in [5, 5.41) is 5.55. The highest BCUT2D eigenvalue weighted by molar-refractivity contribution is 9.10. The molecule has 0 atom stereocenters. The molecule has 0 spiro atoms. The molecule has 1 amide bonds. The summed E-state index contributed by atoms with van der Waals surface area (Å²) >= 11 is 9.92. The van der Waals surface area contributed by atoms with Gasteiger partial charge in [0.2, 0.25) is 0 Å². The number of hydrogen-bond donors (Lipinski definition) is 2. The Morgan fingerprint density at radius 3 is 2.45 bits per heavy atom. The molecule has 0 radical (unpaired) electrons. The summed E-state index contributed by atoms with van der Waals surface area (Å²) in [7, 11) is 3.92. The number of amides is 1. The number of halogens is 2. The highest BCUT2D eigenvalue weighted by Gasteiger charge is 2.21. The van der Waals surface area contributed by atoms with Crippen LogP contribution >= 0.6 is 27.5 Å². The monoisotopic (exact) mass is 614 g/mol. The lowest BCUT2D eigenvalue weighted by atomic mass is 10.0. The smallest absolute Gasteiger partial charge is 0.343 e. The van der Waals surface area contributed by atoms with Gasteiger partial charge in [-0.1, -0.05) is 57.9 Å². The maximum atomic E-state index is 13.4. The predicted octanol–water partition coefficient (Wildman–Crippen LogP) is 7.30. The summed E-state index contributed by atoms with van der Waals surface area (Å²) < 4.78 is 6.45. The minimum atomic E-state index is -0.503. The van der Waals surface area contributed by atoms with Crippen LogP contribution in [0.4, 0.5) is 5.69 Å². The van der Waals surface area contributed by atoms with E-state index in [0.717, 1.165) is 26.6 Å². The lowest BCUT2D eigenvalue weighted by molar-refractivity contribution is 0.0734. The molecule has 5 aromatic rings. The number of hydrogen-bond acceptors (Lipinski definition) is 5. The summed E-state index contributed by atoms with van der Waals surface area (Å²) in [5.41, 5.74) is 7.03. The van der Waals surface area contributed by atoms with Crippen LogP contribution in [0.1, 0.15) is 26.4 Å². The number of para-hydroxylation sites is 1. The first kappa shape index (κ1) is 27.2. The second kappa shape index (κ2) is 11.8. The number of hydrazone groups is 1. The van der Waals surface area contributed by atoms with E-state index in [1.165, 1.54) is 6.21 Å². The fourth-order valence-corrected chi connectivity index (χ4v) is 4.71. The van der Waals surface area contributed by atoms with E-state index in [2.05, 4.69) is 31.4 Å². The average molecular weight is 616 g/mol. The van der Waals surface area contributed by atoms with E-state index in [9.17, 15) is 9.59 Å². The largest absolute Gasteiger partial charge is 0.422 e. The van der Waals surface area contributed by atoms with E-state index in [0.29, 0.717) is 33.2 Å². The van der Waals surface area contributed by atoms with Gasteiger partial charge in [0.05, 0.1) is 11.8 Å². The van der Waals surface area contributed by atoms with Crippen LogP contribution in [0.2, 0.25) is 5.02 Å². The molecule has 5 rings (SSSR count). The van der Waals surface area contributed by atoms with Gasteiger partial charge in [-0.15, -0.1) is 0 Å². The number of carbonyl (C=O) groups excluding carboxylic acids is 2. The molecule has 0 unspecified atom stereocenters. The van der Waals surface area contributed by atoms with E-state index < -0.39 is 11.9 Å². The van der Waals surface area contributed by atoms with Crippen molar-refractivity contribution in [2.75, 3.05) is 19.0 Å². The van der Waals surface area contributed by atoms with Gasteiger partial charge >= 0.3 is 5.97 Å². The van der Waals surface area contributed by atoms with Crippen LogP contribution in [0.25, 0.3) is 22.0 Å². The van der Waals surface area contributed by atoms with Crippen molar-refractivity contribution >= 4 is 62.2 Å². The van der Waals surface area contributed by atoms with Crippen LogP contribution in [0.15, 0.2) is 101 Å². The van der Waals surface area contributed by atoms with Gasteiger partial charge in [-0.05, 0) is 60.7 Å². The number of aromatic amines is 1. The number of rotatable bonds is 7. The number of ether oxygens (including phenoxy) is 1. The van der Waals surface area contributed by atoms with Gasteiger partial charge in [0, 0.05) is 56.9 Å². The molecule has 40 heavy (non-hydrogen) atoms. The highest BCUT2D eigenvalue weighted by atomic mass is 79.9. The summed E-state index contributed by atoms with van der Waals surface area (Å²) in [4.78, 5) is 31.3. The first-order valence-corrected chi connectivity index (χ1v) is 13.5. The maximum Gasteiger partial charge on any atom is 0.343 e. The summed E-state index contributed by atoms with van der Waals surface area (Å²) in [5.74, 6) is -0.637. The molecular weight excluding hydrogens is 592 g/mol. The molecule has 200 valence electrons. The standard InChI is InChI=1S/C31H24BrClN4O3/c1-37(2)22-15-16-26-24(17-22)28(23-8-4-5-9-25(23)33)29(35-26)30(38)36-34-18-20-7-3-6-10-27(20)40-31(39)19-11-13-21(32)14-12-19/h3-18,35H,1-2H3,(H,36,38). The molecule has 9 heteroatoms. The number of H-pyrrole nitrogens is 1. The Balaban J connectivity index is 1.43. The first-order valence-electron chi connectivity index (χ1n) is 12.3. The Hall–Kier alpha value is -4.40. The molecule has 0 bridgehead atoms. The lowest BCUT2D eigenvalue weighted by Gasteiger charge is -2.13. The highest BCUT2D eigenvalue weighted by Crippen LogP contribution is 2.38. The van der Waals surface area contributed by atoms with Crippen LogP contribution < -0.4 is 15.1 Å². The van der Waals surface area contributed by atoms with E-state index in [1.54, 1.807) is 54.6 Å². The number of esters is 1. The second-order valence-corrected chi connectivity index (χ2v) is 10.4. The Kier molecular flexibility index (Phi) is 8.00. The van der Waals surface area contributed by atoms with Crippen molar-refractivity contribution in [1.29, 1.82) is 0 Å². The third-order valence-electron chi connectivity index (χ3n) is 6.24. The molecule has 7 nitrogen and oxygen atoms in total. The summed E-state index contributed by atoms with van der Waals surface area (Å²) in [6.45, 7) is 0. The van der Waals surface area contributed by atoms with E-state index in [-0.39, 0.29) is 0 Å². The quantitative estimate of drug-likeness (QED) is 0.0871. The molecule has 0 aliphatic carbocycles. The van der Waals surface area contributed by atoms with Crippen molar-refractivity contribution in [2.24, 2.45) is 5.10 Å². The van der Waals surface area contributed by atoms with Gasteiger partial charge in [-0.3, -0.25) is 4.79 Å². The Bertz CT molecular complexity index is 1750. The zero-order valence-corrected chi connectivity index (χ0v) is 24.0. The number of aromatic nitrogens is 1. The third kappa shape index (κ3) is 5.78. The van der Waals surface area contributed by atoms with Crippen molar-refractivity contribution < 1.29 is 14.3 Å². The summed E-state index contributed by atoms with van der Waals surface area (Å²) in [6.07, 6.45) is 1.43.